The summed E-state index contributed by atoms with van der Waals surface area (Å²) in [6.07, 6.45) is 3.99. The van der Waals surface area contributed by atoms with Crippen molar-refractivity contribution in [2.45, 2.75) is 6.92 Å². The number of nitro groups is 1. The van der Waals surface area contributed by atoms with Crippen LogP contribution in [0, 0.1) is 17.0 Å². The van der Waals surface area contributed by atoms with Crippen LogP contribution in [0.25, 0.3) is 22.2 Å². The third kappa shape index (κ3) is 2.06. The number of nitro benzene ring substituents is 1. The summed E-state index contributed by atoms with van der Waals surface area (Å²) in [7, 11) is 0. The lowest BCUT2D eigenvalue weighted by atomic mass is 9.98. The average Bonchev–Trinajstić information content (AvgIpc) is 2.88. The number of hydrogen-bond donors (Lipinski definition) is 1. The van der Waals surface area contributed by atoms with Gasteiger partial charge in [0, 0.05) is 35.0 Å². The summed E-state index contributed by atoms with van der Waals surface area (Å²) in [4.78, 5) is 29.2. The van der Waals surface area contributed by atoms with Crippen LogP contribution in [0.2, 0.25) is 0 Å². The molecule has 0 amide bonds. The molecule has 0 saturated heterocycles. The SMILES string of the molecule is Cc1cnc2[nH]cc(-c3c(C=O)cccc3[N+](=O)[O-])c2c1. The first-order chi connectivity index (χ1) is 10.1. The number of H-pyrrole nitrogens is 1. The van der Waals surface area contributed by atoms with Crippen LogP contribution in [-0.4, -0.2) is 21.2 Å². The Hall–Kier alpha value is -3.02. The minimum absolute atomic E-state index is 0.0954. The first-order valence-corrected chi connectivity index (χ1v) is 6.28. The van der Waals surface area contributed by atoms with Gasteiger partial charge < -0.3 is 4.98 Å². The number of pyridine rings is 1. The number of aryl methyl sites for hydroxylation is 1. The minimum Gasteiger partial charge on any atom is -0.346 e. The van der Waals surface area contributed by atoms with Crippen molar-refractivity contribution < 1.29 is 9.72 Å². The third-order valence-electron chi connectivity index (χ3n) is 3.34. The molecule has 0 aliphatic heterocycles. The number of fused-ring (bicyclic) bond motifs is 1. The first kappa shape index (κ1) is 13.0. The van der Waals surface area contributed by atoms with E-state index in [-0.39, 0.29) is 11.3 Å². The van der Waals surface area contributed by atoms with E-state index in [1.54, 1.807) is 18.5 Å². The maximum absolute atomic E-state index is 11.3. The van der Waals surface area contributed by atoms with Crippen LogP contribution in [0.15, 0.2) is 36.7 Å². The van der Waals surface area contributed by atoms with Crippen molar-refractivity contribution in [2.24, 2.45) is 0 Å². The van der Waals surface area contributed by atoms with Crippen LogP contribution in [-0.2, 0) is 0 Å². The molecule has 0 spiro atoms. The molecule has 0 bridgehead atoms. The molecule has 21 heavy (non-hydrogen) atoms. The van der Waals surface area contributed by atoms with Gasteiger partial charge in [0.05, 0.1) is 10.5 Å². The molecule has 0 saturated carbocycles. The van der Waals surface area contributed by atoms with E-state index >= 15 is 0 Å². The minimum atomic E-state index is -0.482. The van der Waals surface area contributed by atoms with E-state index in [1.807, 2.05) is 13.0 Å². The van der Waals surface area contributed by atoms with Gasteiger partial charge in [0.25, 0.3) is 5.69 Å². The van der Waals surface area contributed by atoms with E-state index in [2.05, 4.69) is 9.97 Å². The van der Waals surface area contributed by atoms with E-state index in [0.717, 1.165) is 10.9 Å². The van der Waals surface area contributed by atoms with Gasteiger partial charge in [-0.05, 0) is 18.6 Å². The van der Waals surface area contributed by atoms with Crippen molar-refractivity contribution in [2.75, 3.05) is 0 Å². The summed E-state index contributed by atoms with van der Waals surface area (Å²) in [6, 6.07) is 6.35. The Kier molecular flexibility index (Phi) is 2.98. The quantitative estimate of drug-likeness (QED) is 0.453. The molecular weight excluding hydrogens is 270 g/mol. The Balaban J connectivity index is 2.39. The van der Waals surface area contributed by atoms with Crippen molar-refractivity contribution in [1.29, 1.82) is 0 Å². The van der Waals surface area contributed by atoms with E-state index in [1.165, 1.54) is 12.1 Å². The molecule has 0 aliphatic rings. The van der Waals surface area contributed by atoms with E-state index < -0.39 is 4.92 Å². The largest absolute Gasteiger partial charge is 0.346 e. The molecular formula is C15H11N3O3. The van der Waals surface area contributed by atoms with Gasteiger partial charge >= 0.3 is 0 Å². The topological polar surface area (TPSA) is 88.9 Å². The number of aldehydes is 1. The smallest absolute Gasteiger partial charge is 0.277 e. The number of rotatable bonds is 3. The molecule has 2 aromatic heterocycles. The van der Waals surface area contributed by atoms with Crippen molar-refractivity contribution in [3.8, 4) is 11.1 Å². The molecule has 2 heterocycles. The Bertz CT molecular complexity index is 868. The molecule has 1 N–H and O–H groups in total. The fourth-order valence-electron chi connectivity index (χ4n) is 2.42. The molecule has 3 aromatic rings. The van der Waals surface area contributed by atoms with Crippen LogP contribution in [0.1, 0.15) is 15.9 Å². The zero-order chi connectivity index (χ0) is 15.0. The Labute approximate surface area is 119 Å². The number of aromatic nitrogens is 2. The normalized spacial score (nSPS) is 10.7. The summed E-state index contributed by atoms with van der Waals surface area (Å²) in [5, 5.41) is 12.0. The second-order valence-corrected chi connectivity index (χ2v) is 4.73. The van der Waals surface area contributed by atoms with Crippen molar-refractivity contribution in [1.82, 2.24) is 9.97 Å². The van der Waals surface area contributed by atoms with Gasteiger partial charge in [0.1, 0.15) is 5.65 Å². The van der Waals surface area contributed by atoms with Crippen LogP contribution in [0.3, 0.4) is 0 Å². The summed E-state index contributed by atoms with van der Waals surface area (Å²) in [5.74, 6) is 0. The maximum atomic E-state index is 11.3. The molecule has 3 rings (SSSR count). The highest BCUT2D eigenvalue weighted by Crippen LogP contribution is 2.36. The average molecular weight is 281 g/mol. The molecule has 6 heteroatoms. The summed E-state index contributed by atoms with van der Waals surface area (Å²) >= 11 is 0. The summed E-state index contributed by atoms with van der Waals surface area (Å²) in [5.41, 5.74) is 2.68. The third-order valence-corrected chi connectivity index (χ3v) is 3.34. The predicted molar refractivity (Wildman–Crippen MR) is 78.3 cm³/mol. The van der Waals surface area contributed by atoms with Gasteiger partial charge in [-0.2, -0.15) is 0 Å². The number of nitrogens with zero attached hydrogens (tertiary/aromatic N) is 2. The number of hydrogen-bond acceptors (Lipinski definition) is 4. The summed E-state index contributed by atoms with van der Waals surface area (Å²) < 4.78 is 0. The number of carbonyl (C=O) groups excluding carboxylic acids is 1. The molecule has 0 aliphatic carbocycles. The second-order valence-electron chi connectivity index (χ2n) is 4.73. The Morgan fingerprint density at radius 3 is 2.90 bits per heavy atom. The van der Waals surface area contributed by atoms with Gasteiger partial charge in [-0.25, -0.2) is 4.98 Å². The highest BCUT2D eigenvalue weighted by Gasteiger charge is 2.21. The van der Waals surface area contributed by atoms with Crippen LogP contribution >= 0.6 is 0 Å². The van der Waals surface area contributed by atoms with E-state index in [4.69, 9.17) is 0 Å². The maximum Gasteiger partial charge on any atom is 0.277 e. The van der Waals surface area contributed by atoms with Crippen molar-refractivity contribution >= 4 is 23.0 Å². The predicted octanol–water partition coefficient (Wildman–Crippen LogP) is 3.26. The molecule has 104 valence electrons. The fourth-order valence-corrected chi connectivity index (χ4v) is 2.42. The van der Waals surface area contributed by atoms with E-state index in [9.17, 15) is 14.9 Å². The number of nitrogens with one attached hydrogen (secondary N) is 1. The molecule has 1 aromatic carbocycles. The van der Waals surface area contributed by atoms with Crippen LogP contribution in [0.4, 0.5) is 5.69 Å². The fraction of sp³-hybridized carbons (Fsp3) is 0.0667. The van der Waals surface area contributed by atoms with Gasteiger partial charge in [-0.1, -0.05) is 12.1 Å². The summed E-state index contributed by atoms with van der Waals surface area (Å²) in [6.45, 7) is 1.89. The van der Waals surface area contributed by atoms with Gasteiger partial charge in [0.15, 0.2) is 6.29 Å². The standard InChI is InChI=1S/C15H11N3O3/c1-9-5-11-12(7-17-15(11)16-6-9)14-10(8-19)3-2-4-13(14)18(20)21/h2-8H,1H3,(H,16,17). The lowest BCUT2D eigenvalue weighted by Crippen LogP contribution is -1.96. The first-order valence-electron chi connectivity index (χ1n) is 6.28. The zero-order valence-electron chi connectivity index (χ0n) is 11.2. The van der Waals surface area contributed by atoms with Crippen LogP contribution in [0.5, 0.6) is 0 Å². The molecule has 0 radical (unpaired) electrons. The van der Waals surface area contributed by atoms with Gasteiger partial charge in [0.2, 0.25) is 0 Å². The zero-order valence-corrected chi connectivity index (χ0v) is 11.2. The molecule has 0 atom stereocenters. The molecule has 0 unspecified atom stereocenters. The number of carbonyl (C=O) groups is 1. The van der Waals surface area contributed by atoms with Gasteiger partial charge in [-0.15, -0.1) is 0 Å². The Morgan fingerprint density at radius 2 is 2.19 bits per heavy atom. The van der Waals surface area contributed by atoms with Crippen LogP contribution < -0.4 is 0 Å². The van der Waals surface area contributed by atoms with Gasteiger partial charge in [-0.3, -0.25) is 14.9 Å². The number of benzene rings is 1. The number of aromatic amines is 1. The highest BCUT2D eigenvalue weighted by atomic mass is 16.6. The lowest BCUT2D eigenvalue weighted by molar-refractivity contribution is -0.384. The highest BCUT2D eigenvalue weighted by molar-refractivity contribution is 6.02. The molecule has 6 nitrogen and oxygen atoms in total. The van der Waals surface area contributed by atoms with Crippen molar-refractivity contribution in [3.63, 3.8) is 0 Å². The van der Waals surface area contributed by atoms with E-state index in [0.29, 0.717) is 23.1 Å². The van der Waals surface area contributed by atoms with Crippen molar-refractivity contribution in [3.05, 3.63) is 57.9 Å². The lowest BCUT2D eigenvalue weighted by Gasteiger charge is -2.05. The monoisotopic (exact) mass is 281 g/mol. The molecule has 0 fully saturated rings. The second kappa shape index (κ2) is 4.82. The Morgan fingerprint density at radius 1 is 1.38 bits per heavy atom.